The predicted octanol–water partition coefficient (Wildman–Crippen LogP) is 0.205. The highest BCUT2D eigenvalue weighted by molar-refractivity contribution is 5.84. The molecular formula is C11H16N4O. The van der Waals surface area contributed by atoms with E-state index in [0.717, 1.165) is 18.1 Å². The Morgan fingerprint density at radius 2 is 2.50 bits per heavy atom. The van der Waals surface area contributed by atoms with Crippen LogP contribution in [-0.4, -0.2) is 40.4 Å². The number of nitrogens with one attached hydrogen (secondary N) is 2. The zero-order valence-electron chi connectivity index (χ0n) is 9.53. The summed E-state index contributed by atoms with van der Waals surface area (Å²) in [6, 6.07) is -0.180. The lowest BCUT2D eigenvalue weighted by Gasteiger charge is -2.19. The van der Waals surface area contributed by atoms with Gasteiger partial charge < -0.3 is 9.88 Å². The van der Waals surface area contributed by atoms with Crippen LogP contribution in [-0.2, 0) is 11.3 Å². The third-order valence-electron chi connectivity index (χ3n) is 2.57. The van der Waals surface area contributed by atoms with Crippen LogP contribution in [0.1, 0.15) is 11.5 Å². The number of rotatable bonds is 3. The second-order valence-electron chi connectivity index (χ2n) is 4.02. The van der Waals surface area contributed by atoms with Gasteiger partial charge in [-0.3, -0.25) is 10.1 Å². The Kier molecular flexibility index (Phi) is 3.05. The molecule has 1 amide bonds. The quantitative estimate of drug-likeness (QED) is 0.716. The van der Waals surface area contributed by atoms with Gasteiger partial charge in [0.15, 0.2) is 0 Å². The van der Waals surface area contributed by atoms with Gasteiger partial charge in [-0.25, -0.2) is 4.98 Å². The molecule has 86 valence electrons. The van der Waals surface area contributed by atoms with Crippen LogP contribution in [0, 0.1) is 6.92 Å². The fourth-order valence-electron chi connectivity index (χ4n) is 1.72. The van der Waals surface area contributed by atoms with Gasteiger partial charge >= 0.3 is 0 Å². The number of likely N-dealkylation sites (N-methyl/N-ethyl adjacent to an activating group) is 1. The monoisotopic (exact) mass is 220 g/mol. The second-order valence-corrected chi connectivity index (χ2v) is 4.02. The van der Waals surface area contributed by atoms with E-state index in [0.29, 0.717) is 6.54 Å². The van der Waals surface area contributed by atoms with Crippen molar-refractivity contribution in [2.45, 2.75) is 19.5 Å². The normalized spacial score (nSPS) is 19.0. The summed E-state index contributed by atoms with van der Waals surface area (Å²) in [5, 5.41) is 3.10. The first-order valence-electron chi connectivity index (χ1n) is 5.32. The summed E-state index contributed by atoms with van der Waals surface area (Å²) >= 11 is 0. The van der Waals surface area contributed by atoms with Crippen LogP contribution >= 0.6 is 0 Å². The van der Waals surface area contributed by atoms with Gasteiger partial charge in [-0.05, 0) is 6.92 Å². The molecule has 1 atom stereocenters. The minimum atomic E-state index is -0.180. The summed E-state index contributed by atoms with van der Waals surface area (Å²) in [6.45, 7) is 3.22. The van der Waals surface area contributed by atoms with Gasteiger partial charge in [0.1, 0.15) is 11.9 Å². The minimum absolute atomic E-state index is 0.0720. The first-order chi connectivity index (χ1) is 7.66. The number of aromatic amines is 1. The maximum absolute atomic E-state index is 11.9. The number of carbonyl (C=O) groups excluding carboxylic acids is 1. The number of imidazole rings is 1. The molecule has 2 N–H and O–H groups in total. The van der Waals surface area contributed by atoms with E-state index in [9.17, 15) is 4.79 Å². The van der Waals surface area contributed by atoms with Crippen molar-refractivity contribution in [2.24, 2.45) is 0 Å². The number of H-pyrrole nitrogens is 1. The summed E-state index contributed by atoms with van der Waals surface area (Å²) in [6.07, 6.45) is 5.63. The van der Waals surface area contributed by atoms with Crippen molar-refractivity contribution in [3.8, 4) is 0 Å². The van der Waals surface area contributed by atoms with E-state index in [1.54, 1.807) is 18.1 Å². The SMILES string of the molecule is Cc1cnc(CN(C)C(=O)C2C=CCN2)[nH]1. The van der Waals surface area contributed by atoms with Crippen LogP contribution in [0.5, 0.6) is 0 Å². The number of amides is 1. The van der Waals surface area contributed by atoms with Crippen LogP contribution < -0.4 is 5.32 Å². The molecule has 2 rings (SSSR count). The third kappa shape index (κ3) is 2.30. The fourth-order valence-corrected chi connectivity index (χ4v) is 1.72. The van der Waals surface area contributed by atoms with E-state index in [-0.39, 0.29) is 11.9 Å². The van der Waals surface area contributed by atoms with E-state index in [1.165, 1.54) is 0 Å². The number of aryl methyl sites for hydroxylation is 1. The topological polar surface area (TPSA) is 61.0 Å². The maximum atomic E-state index is 11.9. The lowest BCUT2D eigenvalue weighted by atomic mass is 10.3. The number of hydrogen-bond acceptors (Lipinski definition) is 3. The molecule has 16 heavy (non-hydrogen) atoms. The van der Waals surface area contributed by atoms with Gasteiger partial charge in [-0.2, -0.15) is 0 Å². The van der Waals surface area contributed by atoms with Gasteiger partial charge in [0, 0.05) is 25.5 Å². The number of nitrogens with zero attached hydrogens (tertiary/aromatic N) is 2. The predicted molar refractivity (Wildman–Crippen MR) is 60.7 cm³/mol. The zero-order valence-corrected chi connectivity index (χ0v) is 9.53. The molecule has 5 heteroatoms. The molecule has 1 aromatic heterocycles. The summed E-state index contributed by atoms with van der Waals surface area (Å²) in [7, 11) is 1.79. The van der Waals surface area contributed by atoms with Gasteiger partial charge in [-0.15, -0.1) is 0 Å². The number of aromatic nitrogens is 2. The summed E-state index contributed by atoms with van der Waals surface area (Å²) in [5.41, 5.74) is 1.01. The zero-order chi connectivity index (χ0) is 11.5. The van der Waals surface area contributed by atoms with Crippen LogP contribution in [0.3, 0.4) is 0 Å². The molecule has 0 aliphatic carbocycles. The van der Waals surface area contributed by atoms with E-state index in [4.69, 9.17) is 0 Å². The van der Waals surface area contributed by atoms with Crippen LogP contribution in [0.2, 0.25) is 0 Å². The van der Waals surface area contributed by atoms with E-state index in [1.807, 2.05) is 19.1 Å². The highest BCUT2D eigenvalue weighted by atomic mass is 16.2. The van der Waals surface area contributed by atoms with Gasteiger partial charge in [0.2, 0.25) is 5.91 Å². The van der Waals surface area contributed by atoms with Crippen molar-refractivity contribution in [1.29, 1.82) is 0 Å². The Balaban J connectivity index is 1.94. The van der Waals surface area contributed by atoms with E-state index >= 15 is 0 Å². The summed E-state index contributed by atoms with van der Waals surface area (Å²) in [4.78, 5) is 20.9. The first kappa shape index (κ1) is 10.9. The first-order valence-corrected chi connectivity index (χ1v) is 5.32. The van der Waals surface area contributed by atoms with Crippen molar-refractivity contribution in [3.63, 3.8) is 0 Å². The Morgan fingerprint density at radius 3 is 3.06 bits per heavy atom. The Bertz CT molecular complexity index is 410. The Hall–Kier alpha value is -1.62. The number of hydrogen-bond donors (Lipinski definition) is 2. The number of carbonyl (C=O) groups is 1. The standard InChI is InChI=1S/C11H16N4O/c1-8-6-13-10(14-8)7-15(2)11(16)9-4-3-5-12-9/h3-4,6,9,12H,5,7H2,1-2H3,(H,13,14). The van der Waals surface area contributed by atoms with Crippen molar-refractivity contribution < 1.29 is 4.79 Å². The Labute approximate surface area is 94.6 Å². The molecule has 2 heterocycles. The average molecular weight is 220 g/mol. The summed E-state index contributed by atoms with van der Waals surface area (Å²) < 4.78 is 0. The smallest absolute Gasteiger partial charge is 0.243 e. The van der Waals surface area contributed by atoms with Gasteiger partial charge in [-0.1, -0.05) is 12.2 Å². The summed E-state index contributed by atoms with van der Waals surface area (Å²) in [5.74, 6) is 0.887. The molecule has 0 saturated heterocycles. The molecule has 0 saturated carbocycles. The lowest BCUT2D eigenvalue weighted by molar-refractivity contribution is -0.131. The molecular weight excluding hydrogens is 204 g/mol. The average Bonchev–Trinajstić information content (AvgIpc) is 2.88. The molecule has 1 aliphatic rings. The van der Waals surface area contributed by atoms with Gasteiger partial charge in [0.05, 0.1) is 6.54 Å². The molecule has 5 nitrogen and oxygen atoms in total. The minimum Gasteiger partial charge on any atom is -0.345 e. The largest absolute Gasteiger partial charge is 0.345 e. The molecule has 0 aromatic carbocycles. The Morgan fingerprint density at radius 1 is 1.69 bits per heavy atom. The van der Waals surface area contributed by atoms with Crippen molar-refractivity contribution in [3.05, 3.63) is 29.9 Å². The van der Waals surface area contributed by atoms with Crippen molar-refractivity contribution in [1.82, 2.24) is 20.2 Å². The molecule has 0 fully saturated rings. The molecule has 1 unspecified atom stereocenters. The molecule has 1 aromatic rings. The van der Waals surface area contributed by atoms with Crippen molar-refractivity contribution in [2.75, 3.05) is 13.6 Å². The molecule has 0 bridgehead atoms. The second kappa shape index (κ2) is 4.49. The highest BCUT2D eigenvalue weighted by Gasteiger charge is 2.21. The maximum Gasteiger partial charge on any atom is 0.243 e. The fraction of sp³-hybridized carbons (Fsp3) is 0.455. The van der Waals surface area contributed by atoms with Crippen LogP contribution in [0.4, 0.5) is 0 Å². The molecule has 0 radical (unpaired) electrons. The van der Waals surface area contributed by atoms with Crippen LogP contribution in [0.15, 0.2) is 18.3 Å². The lowest BCUT2D eigenvalue weighted by Crippen LogP contribution is -2.41. The van der Waals surface area contributed by atoms with Crippen molar-refractivity contribution >= 4 is 5.91 Å². The van der Waals surface area contributed by atoms with Crippen LogP contribution in [0.25, 0.3) is 0 Å². The third-order valence-corrected chi connectivity index (χ3v) is 2.57. The van der Waals surface area contributed by atoms with E-state index in [2.05, 4.69) is 15.3 Å². The molecule has 0 spiro atoms. The molecule has 1 aliphatic heterocycles. The van der Waals surface area contributed by atoms with E-state index < -0.39 is 0 Å². The van der Waals surface area contributed by atoms with Gasteiger partial charge in [0.25, 0.3) is 0 Å². The highest BCUT2D eigenvalue weighted by Crippen LogP contribution is 2.04.